The number of nitrogens with one attached hydrogen (secondary N) is 1. The van der Waals surface area contributed by atoms with E-state index in [1.165, 1.54) is 21.6 Å². The second-order valence-electron chi connectivity index (χ2n) is 6.72. The summed E-state index contributed by atoms with van der Waals surface area (Å²) >= 11 is 3.47. The van der Waals surface area contributed by atoms with Gasteiger partial charge in [-0.15, -0.1) is 11.3 Å². The second-order valence-corrected chi connectivity index (χ2v) is 8.86. The predicted octanol–water partition coefficient (Wildman–Crippen LogP) is 5.31. The molecule has 2 heterocycles. The molecule has 0 aliphatic rings. The standard InChI is InChI=1S/C20H26N4S2/c1-13-7-6-8-14(2)18(13)15(3)11-22-19-23-17(16(4)26-19)12-25-20-21-9-10-24(20)5/h6-10,15H,11-12H2,1-5H3,(H,22,23). The van der Waals surface area contributed by atoms with Gasteiger partial charge < -0.3 is 9.88 Å². The van der Waals surface area contributed by atoms with Gasteiger partial charge in [-0.2, -0.15) is 0 Å². The molecule has 1 atom stereocenters. The number of anilines is 1. The van der Waals surface area contributed by atoms with Crippen LogP contribution in [0.3, 0.4) is 0 Å². The van der Waals surface area contributed by atoms with Crippen molar-refractivity contribution in [2.75, 3.05) is 11.9 Å². The lowest BCUT2D eigenvalue weighted by Gasteiger charge is -2.17. The fourth-order valence-electron chi connectivity index (χ4n) is 3.21. The van der Waals surface area contributed by atoms with E-state index >= 15 is 0 Å². The van der Waals surface area contributed by atoms with Crippen molar-refractivity contribution in [1.82, 2.24) is 14.5 Å². The number of benzene rings is 1. The molecule has 0 spiro atoms. The molecule has 2 aromatic heterocycles. The van der Waals surface area contributed by atoms with E-state index in [9.17, 15) is 0 Å². The number of rotatable bonds is 7. The van der Waals surface area contributed by atoms with Gasteiger partial charge in [-0.05, 0) is 43.4 Å². The fraction of sp³-hybridized carbons (Fsp3) is 0.400. The molecular weight excluding hydrogens is 360 g/mol. The van der Waals surface area contributed by atoms with Gasteiger partial charge in [0.15, 0.2) is 10.3 Å². The number of thiazole rings is 1. The summed E-state index contributed by atoms with van der Waals surface area (Å²) in [6.07, 6.45) is 3.80. The number of imidazole rings is 1. The molecule has 1 N–H and O–H groups in total. The fourth-order valence-corrected chi connectivity index (χ4v) is 5.08. The zero-order valence-electron chi connectivity index (χ0n) is 16.0. The molecule has 1 aromatic carbocycles. The minimum atomic E-state index is 0.450. The summed E-state index contributed by atoms with van der Waals surface area (Å²) in [6, 6.07) is 6.52. The molecule has 0 fully saturated rings. The molecule has 0 bridgehead atoms. The van der Waals surface area contributed by atoms with Gasteiger partial charge in [0.05, 0.1) is 5.69 Å². The van der Waals surface area contributed by atoms with Crippen molar-refractivity contribution in [2.24, 2.45) is 7.05 Å². The van der Waals surface area contributed by atoms with Gasteiger partial charge >= 0.3 is 0 Å². The van der Waals surface area contributed by atoms with Gasteiger partial charge in [0.1, 0.15) is 0 Å². The highest BCUT2D eigenvalue weighted by molar-refractivity contribution is 7.98. The van der Waals surface area contributed by atoms with Gasteiger partial charge in [-0.1, -0.05) is 36.9 Å². The third-order valence-electron chi connectivity index (χ3n) is 4.60. The number of hydrogen-bond acceptors (Lipinski definition) is 5. The largest absolute Gasteiger partial charge is 0.361 e. The molecular formula is C20H26N4S2. The SMILES string of the molecule is Cc1cccc(C)c1C(C)CNc1nc(CSc2nccn2C)c(C)s1. The highest BCUT2D eigenvalue weighted by atomic mass is 32.2. The lowest BCUT2D eigenvalue weighted by Crippen LogP contribution is -2.12. The maximum atomic E-state index is 4.80. The molecule has 6 heteroatoms. The molecule has 0 radical (unpaired) electrons. The van der Waals surface area contributed by atoms with Gasteiger partial charge in [0.25, 0.3) is 0 Å². The summed E-state index contributed by atoms with van der Waals surface area (Å²) in [7, 11) is 2.02. The normalized spacial score (nSPS) is 12.3. The van der Waals surface area contributed by atoms with Crippen molar-refractivity contribution in [3.63, 3.8) is 0 Å². The van der Waals surface area contributed by atoms with Crippen LogP contribution in [-0.4, -0.2) is 21.1 Å². The Bertz CT molecular complexity index is 862. The van der Waals surface area contributed by atoms with E-state index in [0.29, 0.717) is 5.92 Å². The first-order valence-corrected chi connectivity index (χ1v) is 10.6. The first-order chi connectivity index (χ1) is 12.5. The van der Waals surface area contributed by atoms with Crippen LogP contribution in [0.1, 0.15) is 40.1 Å². The van der Waals surface area contributed by atoms with Crippen LogP contribution in [0.2, 0.25) is 0 Å². The first kappa shape index (κ1) is 19.0. The molecule has 4 nitrogen and oxygen atoms in total. The van der Waals surface area contributed by atoms with Gasteiger partial charge in [0, 0.05) is 36.6 Å². The van der Waals surface area contributed by atoms with Crippen LogP contribution in [0.25, 0.3) is 0 Å². The monoisotopic (exact) mass is 386 g/mol. The highest BCUT2D eigenvalue weighted by Crippen LogP contribution is 2.29. The average Bonchev–Trinajstić information content (AvgIpc) is 3.16. The van der Waals surface area contributed by atoms with Gasteiger partial charge in [-0.3, -0.25) is 0 Å². The Labute approximate surface area is 164 Å². The summed E-state index contributed by atoms with van der Waals surface area (Å²) in [4.78, 5) is 10.4. The molecule has 0 aliphatic carbocycles. The number of thioether (sulfide) groups is 1. The lowest BCUT2D eigenvalue weighted by molar-refractivity contribution is 0.788. The molecule has 0 amide bonds. The highest BCUT2D eigenvalue weighted by Gasteiger charge is 2.13. The van der Waals surface area contributed by atoms with Crippen LogP contribution in [0.15, 0.2) is 35.7 Å². The predicted molar refractivity (Wildman–Crippen MR) is 112 cm³/mol. The molecule has 0 saturated carbocycles. The Balaban J connectivity index is 1.61. The van der Waals surface area contributed by atoms with Crippen molar-refractivity contribution in [2.45, 2.75) is 44.5 Å². The minimum Gasteiger partial charge on any atom is -0.361 e. The lowest BCUT2D eigenvalue weighted by atomic mass is 9.92. The summed E-state index contributed by atoms with van der Waals surface area (Å²) in [6.45, 7) is 9.70. The van der Waals surface area contributed by atoms with Crippen molar-refractivity contribution in [3.8, 4) is 0 Å². The second kappa shape index (κ2) is 8.27. The Morgan fingerprint density at radius 2 is 1.96 bits per heavy atom. The van der Waals surface area contributed by atoms with E-state index in [-0.39, 0.29) is 0 Å². The Kier molecular flexibility index (Phi) is 6.04. The third-order valence-corrected chi connectivity index (χ3v) is 6.64. The summed E-state index contributed by atoms with van der Waals surface area (Å²) < 4.78 is 2.04. The third kappa shape index (κ3) is 4.30. The maximum absolute atomic E-state index is 4.80. The van der Waals surface area contributed by atoms with Crippen molar-refractivity contribution in [3.05, 3.63) is 57.9 Å². The van der Waals surface area contributed by atoms with Crippen molar-refractivity contribution >= 4 is 28.2 Å². The number of aromatic nitrogens is 3. The Morgan fingerprint density at radius 1 is 1.23 bits per heavy atom. The number of aryl methyl sites for hydroxylation is 4. The van der Waals surface area contributed by atoms with Crippen LogP contribution in [0.4, 0.5) is 5.13 Å². The quantitative estimate of drug-likeness (QED) is 0.559. The van der Waals surface area contributed by atoms with Crippen LogP contribution < -0.4 is 5.32 Å². The van der Waals surface area contributed by atoms with Gasteiger partial charge in [-0.25, -0.2) is 9.97 Å². The van der Waals surface area contributed by atoms with Crippen LogP contribution in [0, 0.1) is 20.8 Å². The Hall–Kier alpha value is -1.79. The summed E-state index contributed by atoms with van der Waals surface area (Å²) in [5, 5.41) is 5.57. The van der Waals surface area contributed by atoms with E-state index < -0.39 is 0 Å². The van der Waals surface area contributed by atoms with Crippen LogP contribution in [-0.2, 0) is 12.8 Å². The zero-order chi connectivity index (χ0) is 18.7. The van der Waals surface area contributed by atoms with Crippen LogP contribution >= 0.6 is 23.1 Å². The van der Waals surface area contributed by atoms with E-state index in [2.05, 4.69) is 56.2 Å². The van der Waals surface area contributed by atoms with Crippen LogP contribution in [0.5, 0.6) is 0 Å². The zero-order valence-corrected chi connectivity index (χ0v) is 17.7. The molecule has 0 saturated heterocycles. The Morgan fingerprint density at radius 3 is 2.62 bits per heavy atom. The molecule has 1 unspecified atom stereocenters. The molecule has 3 rings (SSSR count). The maximum Gasteiger partial charge on any atom is 0.183 e. The number of hydrogen-bond donors (Lipinski definition) is 1. The smallest absolute Gasteiger partial charge is 0.183 e. The average molecular weight is 387 g/mol. The van der Waals surface area contributed by atoms with Gasteiger partial charge in [0.2, 0.25) is 0 Å². The molecule has 26 heavy (non-hydrogen) atoms. The summed E-state index contributed by atoms with van der Waals surface area (Å²) in [5.41, 5.74) is 5.31. The molecule has 138 valence electrons. The summed E-state index contributed by atoms with van der Waals surface area (Å²) in [5.74, 6) is 1.30. The topological polar surface area (TPSA) is 42.7 Å². The van der Waals surface area contributed by atoms with E-state index in [1.807, 2.05) is 24.0 Å². The van der Waals surface area contributed by atoms with Crippen molar-refractivity contribution < 1.29 is 0 Å². The number of nitrogens with zero attached hydrogens (tertiary/aromatic N) is 3. The first-order valence-electron chi connectivity index (χ1n) is 8.82. The van der Waals surface area contributed by atoms with E-state index in [4.69, 9.17) is 4.98 Å². The molecule has 3 aromatic rings. The van der Waals surface area contributed by atoms with E-state index in [0.717, 1.165) is 28.3 Å². The molecule has 0 aliphatic heterocycles. The minimum absolute atomic E-state index is 0.450. The van der Waals surface area contributed by atoms with Crippen molar-refractivity contribution in [1.29, 1.82) is 0 Å². The van der Waals surface area contributed by atoms with E-state index in [1.54, 1.807) is 23.1 Å².